The number of alkyl halides is 2. The normalized spacial score (nSPS) is 37.7. The quantitative estimate of drug-likeness (QED) is 0.726. The van der Waals surface area contributed by atoms with E-state index >= 15 is 0 Å². The van der Waals surface area contributed by atoms with Gasteiger partial charge in [-0.15, -0.1) is 0 Å². The Morgan fingerprint density at radius 2 is 1.90 bits per heavy atom. The van der Waals surface area contributed by atoms with Crippen molar-refractivity contribution in [2.75, 3.05) is 6.61 Å². The minimum atomic E-state index is -5.76. The molecule has 3 aliphatic carbocycles. The third-order valence-corrected chi connectivity index (χ3v) is 5.82. The topological polar surface area (TPSA) is 97.7 Å². The van der Waals surface area contributed by atoms with Crippen LogP contribution in [0.5, 0.6) is 0 Å². The fourth-order valence-electron chi connectivity index (χ4n) is 3.95. The van der Waals surface area contributed by atoms with E-state index in [-0.39, 0.29) is 24.2 Å². The number of hydrogen-bond donors (Lipinski definition) is 1. The predicted molar refractivity (Wildman–Crippen MR) is 64.1 cm³/mol. The second kappa shape index (κ2) is 4.30. The van der Waals surface area contributed by atoms with E-state index in [0.717, 1.165) is 0 Å². The molecule has 0 aromatic carbocycles. The smallest absolute Gasteiger partial charge is 0.374 e. The lowest BCUT2D eigenvalue weighted by Crippen LogP contribution is -2.48. The first kappa shape index (κ1) is 15.0. The number of ketones is 2. The van der Waals surface area contributed by atoms with Crippen molar-refractivity contribution in [1.82, 2.24) is 0 Å². The summed E-state index contributed by atoms with van der Waals surface area (Å²) in [5.74, 6) is -1.34. The van der Waals surface area contributed by atoms with Gasteiger partial charge in [0.15, 0.2) is 0 Å². The Bertz CT molecular complexity index is 597. The average molecular weight is 324 g/mol. The molecule has 118 valence electrons. The Balaban J connectivity index is 1.54. The highest BCUT2D eigenvalue weighted by Crippen LogP contribution is 2.64. The van der Waals surface area contributed by atoms with Crippen LogP contribution in [-0.2, 0) is 24.4 Å². The lowest BCUT2D eigenvalue weighted by molar-refractivity contribution is -0.150. The molecule has 0 radical (unpaired) electrons. The van der Waals surface area contributed by atoms with Crippen LogP contribution in [0.2, 0.25) is 0 Å². The summed E-state index contributed by atoms with van der Waals surface area (Å²) in [4.78, 5) is 22.7. The minimum Gasteiger partial charge on any atom is -0.374 e. The molecule has 6 nitrogen and oxygen atoms in total. The van der Waals surface area contributed by atoms with Crippen LogP contribution < -0.4 is 0 Å². The Morgan fingerprint density at radius 1 is 1.33 bits per heavy atom. The number of hydrogen-bond acceptors (Lipinski definition) is 5. The number of fused-ring (bicyclic) bond motifs is 1. The van der Waals surface area contributed by atoms with Gasteiger partial charge in [0.25, 0.3) is 0 Å². The molecule has 0 aliphatic heterocycles. The Morgan fingerprint density at radius 3 is 2.38 bits per heavy atom. The molecule has 0 heterocycles. The highest BCUT2D eigenvalue weighted by molar-refractivity contribution is 7.87. The van der Waals surface area contributed by atoms with E-state index in [4.69, 9.17) is 9.29 Å². The second-order valence-corrected chi connectivity index (χ2v) is 7.55. The van der Waals surface area contributed by atoms with Crippen molar-refractivity contribution in [3.8, 4) is 0 Å². The van der Waals surface area contributed by atoms with Gasteiger partial charge in [-0.3, -0.25) is 14.1 Å². The van der Waals surface area contributed by atoms with Gasteiger partial charge in [-0.25, -0.2) is 0 Å². The number of Topliss-reactive ketones (excluding diaryl/α,β-unsaturated/α-hetero) is 2. The second-order valence-electron chi connectivity index (χ2n) is 6.09. The van der Waals surface area contributed by atoms with Crippen molar-refractivity contribution in [2.45, 2.75) is 36.5 Å². The molecule has 3 saturated carbocycles. The molecular formula is C12H14F2O6S. The van der Waals surface area contributed by atoms with Crippen molar-refractivity contribution >= 4 is 21.7 Å². The van der Waals surface area contributed by atoms with Crippen molar-refractivity contribution in [2.24, 2.45) is 17.8 Å². The van der Waals surface area contributed by atoms with E-state index in [1.54, 1.807) is 0 Å². The van der Waals surface area contributed by atoms with E-state index in [2.05, 4.69) is 0 Å². The molecule has 2 unspecified atom stereocenters. The van der Waals surface area contributed by atoms with Crippen LogP contribution in [-0.4, -0.2) is 42.0 Å². The summed E-state index contributed by atoms with van der Waals surface area (Å²) in [6.45, 7) is -0.343. The van der Waals surface area contributed by atoms with Gasteiger partial charge in [-0.05, 0) is 25.2 Å². The lowest BCUT2D eigenvalue weighted by atomic mass is 9.62. The van der Waals surface area contributed by atoms with E-state index in [0.29, 0.717) is 25.2 Å². The number of ether oxygens (including phenoxy) is 1. The van der Waals surface area contributed by atoms with Crippen LogP contribution in [0.15, 0.2) is 0 Å². The third kappa shape index (κ3) is 2.05. The standard InChI is InChI=1S/C12H14F2O6S/c13-12(14,21(17,18)19)9(15)1-2-20-11-3-6-7(4-11)10(16)8(6)5-11/h6-8H,1-5H2,(H,17,18,19). The van der Waals surface area contributed by atoms with Gasteiger partial charge in [-0.2, -0.15) is 17.2 Å². The number of halogens is 2. The zero-order chi connectivity index (χ0) is 15.6. The van der Waals surface area contributed by atoms with Crippen molar-refractivity contribution in [3.05, 3.63) is 0 Å². The van der Waals surface area contributed by atoms with Crippen molar-refractivity contribution in [3.63, 3.8) is 0 Å². The zero-order valence-corrected chi connectivity index (χ0v) is 11.7. The van der Waals surface area contributed by atoms with E-state index in [1.807, 2.05) is 0 Å². The molecule has 0 saturated heterocycles. The van der Waals surface area contributed by atoms with Crippen LogP contribution in [0.25, 0.3) is 0 Å². The van der Waals surface area contributed by atoms with Crippen molar-refractivity contribution < 1.29 is 36.1 Å². The maximum absolute atomic E-state index is 13.0. The number of carbonyl (C=O) groups is 2. The van der Waals surface area contributed by atoms with Gasteiger partial charge in [0, 0.05) is 18.3 Å². The molecule has 9 heteroatoms. The van der Waals surface area contributed by atoms with Crippen LogP contribution >= 0.6 is 0 Å². The first-order valence-electron chi connectivity index (χ1n) is 6.63. The van der Waals surface area contributed by atoms with Gasteiger partial charge in [0.05, 0.1) is 12.2 Å². The van der Waals surface area contributed by atoms with Crippen LogP contribution in [0, 0.1) is 17.8 Å². The molecule has 3 fully saturated rings. The van der Waals surface area contributed by atoms with Gasteiger partial charge in [0.2, 0.25) is 5.78 Å². The molecule has 0 amide bonds. The van der Waals surface area contributed by atoms with Gasteiger partial charge < -0.3 is 4.74 Å². The largest absolute Gasteiger partial charge is 0.426 e. The molecule has 0 spiro atoms. The third-order valence-electron chi connectivity index (χ3n) is 4.94. The Kier molecular flexibility index (Phi) is 3.07. The van der Waals surface area contributed by atoms with Crippen molar-refractivity contribution in [1.29, 1.82) is 0 Å². The molecule has 3 rings (SSSR count). The average Bonchev–Trinajstić information content (AvgIpc) is 2.88. The fraction of sp³-hybridized carbons (Fsp3) is 0.833. The van der Waals surface area contributed by atoms with E-state index in [9.17, 15) is 26.8 Å². The first-order valence-corrected chi connectivity index (χ1v) is 8.07. The van der Waals surface area contributed by atoms with E-state index in [1.165, 1.54) is 0 Å². The summed E-state index contributed by atoms with van der Waals surface area (Å²) in [7, 11) is -5.76. The Hall–Kier alpha value is -0.930. The van der Waals surface area contributed by atoms with Crippen LogP contribution in [0.3, 0.4) is 0 Å². The molecule has 0 aromatic rings. The summed E-state index contributed by atoms with van der Waals surface area (Å²) in [5, 5.41) is -4.81. The summed E-state index contributed by atoms with van der Waals surface area (Å²) < 4.78 is 60.8. The highest BCUT2D eigenvalue weighted by atomic mass is 32.2. The van der Waals surface area contributed by atoms with Crippen LogP contribution in [0.1, 0.15) is 25.7 Å². The molecule has 1 N–H and O–H groups in total. The first-order chi connectivity index (χ1) is 9.57. The monoisotopic (exact) mass is 324 g/mol. The molecule has 21 heavy (non-hydrogen) atoms. The fourth-order valence-corrected chi connectivity index (χ4v) is 4.34. The summed E-state index contributed by atoms with van der Waals surface area (Å²) >= 11 is 0. The molecule has 0 aromatic heterocycles. The number of rotatable bonds is 6. The lowest BCUT2D eigenvalue weighted by Gasteiger charge is -2.42. The molecule has 2 atom stereocenters. The zero-order valence-electron chi connectivity index (χ0n) is 10.9. The highest BCUT2D eigenvalue weighted by Gasteiger charge is 2.67. The molecule has 3 aliphatic rings. The van der Waals surface area contributed by atoms with Gasteiger partial charge in [-0.1, -0.05) is 0 Å². The van der Waals surface area contributed by atoms with E-state index < -0.39 is 33.2 Å². The summed E-state index contributed by atoms with van der Waals surface area (Å²) in [6, 6.07) is 0. The summed E-state index contributed by atoms with van der Waals surface area (Å²) in [6.07, 6.45) is 0.991. The van der Waals surface area contributed by atoms with Crippen LogP contribution in [0.4, 0.5) is 8.78 Å². The maximum atomic E-state index is 13.0. The van der Waals surface area contributed by atoms with Gasteiger partial charge in [0.1, 0.15) is 5.78 Å². The minimum absolute atomic E-state index is 0.00119. The number of carbonyl (C=O) groups excluding carboxylic acids is 2. The predicted octanol–water partition coefficient (Wildman–Crippen LogP) is 0.810. The SMILES string of the molecule is O=C1C2CC3(OCCC(=O)C(F)(F)S(=O)(=O)O)CC1C2C3. The Labute approximate surface area is 119 Å². The maximum Gasteiger partial charge on any atom is 0.426 e. The molecular weight excluding hydrogens is 310 g/mol. The van der Waals surface area contributed by atoms with Gasteiger partial charge >= 0.3 is 15.4 Å². The summed E-state index contributed by atoms with van der Waals surface area (Å²) in [5.41, 5.74) is -0.526. The molecule has 2 bridgehead atoms.